The monoisotopic (exact) mass is 248 g/mol. The Bertz CT molecular complexity index is 232. The van der Waals surface area contributed by atoms with Gasteiger partial charge < -0.3 is 10.6 Å². The normalized spacial score (nSPS) is 14.8. The van der Waals surface area contributed by atoms with E-state index in [2.05, 4.69) is 24.5 Å². The molecule has 1 amide bonds. The molecule has 0 aromatic rings. The van der Waals surface area contributed by atoms with Gasteiger partial charge in [0.1, 0.15) is 0 Å². The Morgan fingerprint density at radius 3 is 2.44 bits per heavy atom. The third kappa shape index (κ3) is 10.1. The molecule has 0 spiro atoms. The number of carbonyl (C=O) groups excluding carboxylic acids is 1. The number of amides is 1. The zero-order valence-corrected chi connectivity index (χ0v) is 11.5. The minimum absolute atomic E-state index is 0.00869. The highest BCUT2D eigenvalue weighted by molar-refractivity contribution is 7.84. The molecule has 0 aromatic carbocycles. The van der Waals surface area contributed by atoms with Crippen LogP contribution in [0.15, 0.2) is 0 Å². The van der Waals surface area contributed by atoms with Crippen molar-refractivity contribution in [2.45, 2.75) is 33.2 Å². The highest BCUT2D eigenvalue weighted by atomic mass is 32.2. The summed E-state index contributed by atoms with van der Waals surface area (Å²) in [5, 5.41) is 5.89. The zero-order valence-electron chi connectivity index (χ0n) is 10.7. The average Bonchev–Trinajstić information content (AvgIpc) is 2.13. The number of hydrogen-bond donors (Lipinski definition) is 2. The summed E-state index contributed by atoms with van der Waals surface area (Å²) in [6.45, 7) is 7.22. The van der Waals surface area contributed by atoms with Gasteiger partial charge in [0, 0.05) is 35.4 Å². The molecule has 0 aliphatic carbocycles. The lowest BCUT2D eigenvalue weighted by atomic mass is 10.1. The van der Waals surface area contributed by atoms with E-state index in [1.54, 1.807) is 6.26 Å². The van der Waals surface area contributed by atoms with Gasteiger partial charge in [0.05, 0.1) is 6.54 Å². The van der Waals surface area contributed by atoms with Crippen molar-refractivity contribution < 1.29 is 9.00 Å². The van der Waals surface area contributed by atoms with Gasteiger partial charge in [-0.15, -0.1) is 0 Å². The van der Waals surface area contributed by atoms with E-state index in [0.717, 1.165) is 13.0 Å². The van der Waals surface area contributed by atoms with Gasteiger partial charge in [-0.2, -0.15) is 0 Å². The second kappa shape index (κ2) is 8.70. The summed E-state index contributed by atoms with van der Waals surface area (Å²) in [6.07, 6.45) is 2.67. The summed E-state index contributed by atoms with van der Waals surface area (Å²) in [6, 6.07) is 0.113. The maximum atomic E-state index is 11.4. The molecule has 2 unspecified atom stereocenters. The van der Waals surface area contributed by atoms with Gasteiger partial charge in [0.25, 0.3) is 0 Å². The Kier molecular flexibility index (Phi) is 8.47. The van der Waals surface area contributed by atoms with Gasteiger partial charge in [0.2, 0.25) is 5.91 Å². The third-order valence-electron chi connectivity index (χ3n) is 2.14. The van der Waals surface area contributed by atoms with Crippen molar-refractivity contribution in [1.29, 1.82) is 0 Å². The third-order valence-corrected chi connectivity index (χ3v) is 3.11. The van der Waals surface area contributed by atoms with Crippen LogP contribution in [0, 0.1) is 5.92 Å². The zero-order chi connectivity index (χ0) is 12.6. The second-order valence-electron chi connectivity index (χ2n) is 4.55. The smallest absolute Gasteiger partial charge is 0.233 e. The van der Waals surface area contributed by atoms with Crippen LogP contribution in [0.2, 0.25) is 0 Å². The van der Waals surface area contributed by atoms with Crippen LogP contribution in [0.1, 0.15) is 27.2 Å². The summed E-state index contributed by atoms with van der Waals surface area (Å²) in [5.74, 6) is 1.20. The molecular formula is C11H24N2O2S. The van der Waals surface area contributed by atoms with Crippen molar-refractivity contribution >= 4 is 16.7 Å². The van der Waals surface area contributed by atoms with E-state index in [0.29, 0.717) is 18.2 Å². The number of nitrogens with one attached hydrogen (secondary N) is 2. The van der Waals surface area contributed by atoms with Crippen LogP contribution in [-0.2, 0) is 15.6 Å². The maximum Gasteiger partial charge on any atom is 0.233 e. The van der Waals surface area contributed by atoms with Gasteiger partial charge in [-0.25, -0.2) is 0 Å². The molecule has 4 nitrogen and oxygen atoms in total. The van der Waals surface area contributed by atoms with Crippen LogP contribution in [-0.4, -0.2) is 41.3 Å². The predicted molar refractivity (Wildman–Crippen MR) is 68.9 cm³/mol. The molecule has 0 aromatic heterocycles. The van der Waals surface area contributed by atoms with Gasteiger partial charge in [0.15, 0.2) is 0 Å². The molecular weight excluding hydrogens is 224 g/mol. The van der Waals surface area contributed by atoms with Crippen LogP contribution in [0.4, 0.5) is 0 Å². The fraction of sp³-hybridized carbons (Fsp3) is 0.909. The topological polar surface area (TPSA) is 58.2 Å². The molecule has 2 atom stereocenters. The first-order valence-corrected chi connectivity index (χ1v) is 7.44. The van der Waals surface area contributed by atoms with E-state index in [4.69, 9.17) is 0 Å². The molecule has 2 N–H and O–H groups in total. The largest absolute Gasteiger partial charge is 0.355 e. The lowest BCUT2D eigenvalue weighted by Crippen LogP contribution is -2.40. The first-order valence-electron chi connectivity index (χ1n) is 5.72. The maximum absolute atomic E-state index is 11.4. The standard InChI is InChI=1S/C11H24N2O2S/c1-9(2)5-6-12-11(14)7-13-10(3)8-16(4)15/h9-10,13H,5-8H2,1-4H3,(H,12,14). The Balaban J connectivity index is 3.53. The average molecular weight is 248 g/mol. The molecule has 0 saturated carbocycles. The molecule has 0 radical (unpaired) electrons. The van der Waals surface area contributed by atoms with Crippen molar-refractivity contribution in [2.24, 2.45) is 5.92 Å². The Hall–Kier alpha value is -0.420. The lowest BCUT2D eigenvalue weighted by Gasteiger charge is -2.12. The summed E-state index contributed by atoms with van der Waals surface area (Å²) in [5.41, 5.74) is 0. The highest BCUT2D eigenvalue weighted by Crippen LogP contribution is 1.95. The Morgan fingerprint density at radius 2 is 1.94 bits per heavy atom. The molecule has 0 rings (SSSR count). The molecule has 0 bridgehead atoms. The molecule has 0 saturated heterocycles. The van der Waals surface area contributed by atoms with Crippen molar-refractivity contribution in [1.82, 2.24) is 10.6 Å². The molecule has 16 heavy (non-hydrogen) atoms. The summed E-state index contributed by atoms with van der Waals surface area (Å²) in [7, 11) is -0.816. The van der Waals surface area contributed by atoms with Crippen molar-refractivity contribution in [3.05, 3.63) is 0 Å². The molecule has 5 heteroatoms. The van der Waals surface area contributed by atoms with E-state index in [1.807, 2.05) is 6.92 Å². The van der Waals surface area contributed by atoms with Crippen LogP contribution in [0.3, 0.4) is 0 Å². The fourth-order valence-electron chi connectivity index (χ4n) is 1.24. The van der Waals surface area contributed by atoms with Crippen LogP contribution >= 0.6 is 0 Å². The molecule has 0 fully saturated rings. The van der Waals surface area contributed by atoms with Crippen LogP contribution in [0.25, 0.3) is 0 Å². The molecule has 0 aliphatic rings. The van der Waals surface area contributed by atoms with Crippen molar-refractivity contribution in [2.75, 3.05) is 25.1 Å². The van der Waals surface area contributed by atoms with E-state index >= 15 is 0 Å². The van der Waals surface area contributed by atoms with Gasteiger partial charge in [-0.3, -0.25) is 9.00 Å². The van der Waals surface area contributed by atoms with Gasteiger partial charge >= 0.3 is 0 Å². The van der Waals surface area contributed by atoms with E-state index in [9.17, 15) is 9.00 Å². The summed E-state index contributed by atoms with van der Waals surface area (Å²) in [4.78, 5) is 11.4. The van der Waals surface area contributed by atoms with Gasteiger partial charge in [-0.05, 0) is 19.3 Å². The number of hydrogen-bond acceptors (Lipinski definition) is 3. The summed E-state index contributed by atoms with van der Waals surface area (Å²) >= 11 is 0. The first-order chi connectivity index (χ1) is 7.41. The van der Waals surface area contributed by atoms with E-state index < -0.39 is 10.8 Å². The minimum Gasteiger partial charge on any atom is -0.355 e. The summed E-state index contributed by atoms with van der Waals surface area (Å²) < 4.78 is 10.9. The second-order valence-corrected chi connectivity index (χ2v) is 6.03. The SMILES string of the molecule is CC(C)CCNC(=O)CNC(C)CS(C)=O. The van der Waals surface area contributed by atoms with Crippen LogP contribution in [0.5, 0.6) is 0 Å². The van der Waals surface area contributed by atoms with Crippen molar-refractivity contribution in [3.8, 4) is 0 Å². The fourth-order valence-corrected chi connectivity index (χ4v) is 2.06. The molecule has 0 heterocycles. The van der Waals surface area contributed by atoms with E-state index in [-0.39, 0.29) is 11.9 Å². The minimum atomic E-state index is -0.816. The van der Waals surface area contributed by atoms with Crippen LogP contribution < -0.4 is 10.6 Å². The number of rotatable bonds is 8. The predicted octanol–water partition coefficient (Wildman–Crippen LogP) is 0.505. The van der Waals surface area contributed by atoms with Crippen molar-refractivity contribution in [3.63, 3.8) is 0 Å². The molecule has 0 aliphatic heterocycles. The molecule has 96 valence electrons. The number of carbonyl (C=O) groups is 1. The quantitative estimate of drug-likeness (QED) is 0.658. The first kappa shape index (κ1) is 15.6. The lowest BCUT2D eigenvalue weighted by molar-refractivity contribution is -0.120. The van der Waals surface area contributed by atoms with E-state index in [1.165, 1.54) is 0 Å². The Labute approximate surface area is 101 Å². The van der Waals surface area contributed by atoms with Gasteiger partial charge in [-0.1, -0.05) is 13.8 Å². The highest BCUT2D eigenvalue weighted by Gasteiger charge is 2.06. The Morgan fingerprint density at radius 1 is 1.31 bits per heavy atom.